The molecule has 0 saturated carbocycles. The van der Waals surface area contributed by atoms with E-state index in [-0.39, 0.29) is 10.7 Å². The second kappa shape index (κ2) is 6.64. The molecule has 0 spiro atoms. The zero-order valence-corrected chi connectivity index (χ0v) is 14.9. The molecule has 0 aliphatic carbocycles. The maximum atomic E-state index is 12.6. The first-order valence-electron chi connectivity index (χ1n) is 7.60. The standard InChI is InChI=1S/C16H18N4O5S/c1-20-9-18-15-12(20)8-11(10(16(15)25-2)5-6-14(21)22)19-26(23,24)13-4-3-7-17-13/h3-8,17-19H,9H2,1-2H3,(H,21,22). The van der Waals surface area contributed by atoms with Gasteiger partial charge in [0, 0.05) is 24.9 Å². The maximum absolute atomic E-state index is 12.6. The average Bonchev–Trinajstić information content (AvgIpc) is 3.23. The molecule has 2 aromatic rings. The molecule has 0 amide bonds. The molecule has 0 bridgehead atoms. The normalized spacial score (nSPS) is 13.5. The molecule has 138 valence electrons. The van der Waals surface area contributed by atoms with Gasteiger partial charge in [-0.2, -0.15) is 8.42 Å². The summed E-state index contributed by atoms with van der Waals surface area (Å²) in [4.78, 5) is 15.5. The van der Waals surface area contributed by atoms with Gasteiger partial charge in [0.25, 0.3) is 10.0 Å². The van der Waals surface area contributed by atoms with E-state index in [0.717, 1.165) is 11.8 Å². The topological polar surface area (TPSA) is 124 Å². The van der Waals surface area contributed by atoms with Crippen LogP contribution in [-0.2, 0) is 14.8 Å². The van der Waals surface area contributed by atoms with Gasteiger partial charge in [-0.25, -0.2) is 4.79 Å². The quantitative estimate of drug-likeness (QED) is 0.565. The van der Waals surface area contributed by atoms with Crippen molar-refractivity contribution in [2.75, 3.05) is 35.8 Å². The Kier molecular flexibility index (Phi) is 4.51. The van der Waals surface area contributed by atoms with Gasteiger partial charge in [-0.3, -0.25) is 4.72 Å². The molecule has 0 saturated heterocycles. The number of carboxylic acid groups (broad SMARTS) is 1. The molecule has 0 fully saturated rings. The van der Waals surface area contributed by atoms with Crippen LogP contribution in [0.5, 0.6) is 5.75 Å². The third-order valence-corrected chi connectivity index (χ3v) is 5.22. The first-order valence-corrected chi connectivity index (χ1v) is 9.09. The first kappa shape index (κ1) is 17.7. The number of sulfonamides is 1. The summed E-state index contributed by atoms with van der Waals surface area (Å²) in [6.45, 7) is 0.514. The molecule has 3 rings (SSSR count). The van der Waals surface area contributed by atoms with Gasteiger partial charge in [0.1, 0.15) is 5.69 Å². The Morgan fingerprint density at radius 3 is 2.85 bits per heavy atom. The van der Waals surface area contributed by atoms with E-state index in [4.69, 9.17) is 9.84 Å². The van der Waals surface area contributed by atoms with Crippen LogP contribution in [0, 0.1) is 0 Å². The van der Waals surface area contributed by atoms with E-state index < -0.39 is 16.0 Å². The first-order chi connectivity index (χ1) is 12.3. The minimum atomic E-state index is -3.87. The minimum Gasteiger partial charge on any atom is -0.494 e. The van der Waals surface area contributed by atoms with Crippen LogP contribution in [0.2, 0.25) is 0 Å². The molecule has 0 unspecified atom stereocenters. The van der Waals surface area contributed by atoms with E-state index in [2.05, 4.69) is 15.0 Å². The summed E-state index contributed by atoms with van der Waals surface area (Å²) >= 11 is 0. The summed E-state index contributed by atoms with van der Waals surface area (Å²) in [6.07, 6.45) is 3.73. The maximum Gasteiger partial charge on any atom is 0.328 e. The van der Waals surface area contributed by atoms with Crippen molar-refractivity contribution in [3.8, 4) is 5.75 Å². The van der Waals surface area contributed by atoms with Crippen LogP contribution in [0.25, 0.3) is 6.08 Å². The predicted octanol–water partition coefficient (Wildman–Crippen LogP) is 1.74. The number of anilines is 3. The molecule has 26 heavy (non-hydrogen) atoms. The van der Waals surface area contributed by atoms with E-state index in [1.54, 1.807) is 12.1 Å². The van der Waals surface area contributed by atoms with Crippen molar-refractivity contribution >= 4 is 39.1 Å². The number of nitrogens with one attached hydrogen (secondary N) is 3. The van der Waals surface area contributed by atoms with E-state index in [0.29, 0.717) is 23.7 Å². The van der Waals surface area contributed by atoms with Crippen molar-refractivity contribution in [1.29, 1.82) is 0 Å². The summed E-state index contributed by atoms with van der Waals surface area (Å²) in [5, 5.41) is 12.1. The third-order valence-electron chi connectivity index (χ3n) is 3.90. The van der Waals surface area contributed by atoms with Gasteiger partial charge < -0.3 is 25.0 Å². The molecule has 10 heteroatoms. The van der Waals surface area contributed by atoms with Gasteiger partial charge in [-0.05, 0) is 24.3 Å². The SMILES string of the molecule is COc1c(C=CC(=O)O)c(NS(=O)(=O)c2ccc[nH]2)cc2c1NCN2C. The summed E-state index contributed by atoms with van der Waals surface area (Å²) in [6, 6.07) is 4.63. The lowest BCUT2D eigenvalue weighted by Gasteiger charge is -2.18. The van der Waals surface area contributed by atoms with E-state index in [9.17, 15) is 13.2 Å². The zero-order valence-electron chi connectivity index (χ0n) is 14.1. The fraction of sp³-hybridized carbons (Fsp3) is 0.188. The molecule has 1 aliphatic rings. The number of hydrogen-bond donors (Lipinski definition) is 4. The number of aliphatic carboxylic acids is 1. The van der Waals surface area contributed by atoms with Crippen molar-refractivity contribution in [2.45, 2.75) is 5.03 Å². The van der Waals surface area contributed by atoms with Crippen LogP contribution >= 0.6 is 0 Å². The molecular formula is C16H18N4O5S. The van der Waals surface area contributed by atoms with Gasteiger partial charge in [-0.1, -0.05) is 0 Å². The number of fused-ring (bicyclic) bond motifs is 1. The lowest BCUT2D eigenvalue weighted by molar-refractivity contribution is -0.131. The van der Waals surface area contributed by atoms with E-state index in [1.807, 2.05) is 11.9 Å². The summed E-state index contributed by atoms with van der Waals surface area (Å²) in [5.41, 5.74) is 1.93. The van der Waals surface area contributed by atoms with Crippen molar-refractivity contribution in [2.24, 2.45) is 0 Å². The number of carbonyl (C=O) groups is 1. The summed E-state index contributed by atoms with van der Waals surface area (Å²) in [7, 11) is -0.589. The monoisotopic (exact) mass is 378 g/mol. The Morgan fingerprint density at radius 1 is 1.46 bits per heavy atom. The number of rotatable bonds is 6. The highest BCUT2D eigenvalue weighted by Crippen LogP contribution is 2.46. The van der Waals surface area contributed by atoms with Crippen molar-refractivity contribution in [3.63, 3.8) is 0 Å². The van der Waals surface area contributed by atoms with Gasteiger partial charge in [0.2, 0.25) is 0 Å². The number of hydrogen-bond acceptors (Lipinski definition) is 6. The molecule has 1 aromatic heterocycles. The van der Waals surface area contributed by atoms with Crippen LogP contribution in [0.15, 0.2) is 35.5 Å². The number of carboxylic acids is 1. The van der Waals surface area contributed by atoms with E-state index >= 15 is 0 Å². The fourth-order valence-electron chi connectivity index (χ4n) is 2.71. The summed E-state index contributed by atoms with van der Waals surface area (Å²) < 4.78 is 33.1. The second-order valence-corrected chi connectivity index (χ2v) is 7.26. The fourth-order valence-corrected chi connectivity index (χ4v) is 3.76. The van der Waals surface area contributed by atoms with Gasteiger partial charge in [0.15, 0.2) is 10.8 Å². The van der Waals surface area contributed by atoms with Crippen molar-refractivity contribution in [1.82, 2.24) is 4.98 Å². The zero-order chi connectivity index (χ0) is 18.9. The number of aromatic amines is 1. The lowest BCUT2D eigenvalue weighted by atomic mass is 10.1. The minimum absolute atomic E-state index is 0.00314. The second-order valence-electron chi connectivity index (χ2n) is 5.61. The van der Waals surface area contributed by atoms with Crippen molar-refractivity contribution < 1.29 is 23.1 Å². The van der Waals surface area contributed by atoms with Crippen LogP contribution in [0.3, 0.4) is 0 Å². The van der Waals surface area contributed by atoms with E-state index in [1.165, 1.54) is 25.4 Å². The average molecular weight is 378 g/mol. The Morgan fingerprint density at radius 2 is 2.23 bits per heavy atom. The molecule has 1 aliphatic heterocycles. The van der Waals surface area contributed by atoms with Gasteiger partial charge in [0.05, 0.1) is 25.2 Å². The molecular weight excluding hydrogens is 360 g/mol. The number of ether oxygens (including phenoxy) is 1. The van der Waals surface area contributed by atoms with Crippen LogP contribution in [-0.4, -0.2) is 45.3 Å². The smallest absolute Gasteiger partial charge is 0.328 e. The molecule has 0 atom stereocenters. The number of aromatic nitrogens is 1. The Bertz CT molecular complexity index is 967. The number of benzene rings is 1. The van der Waals surface area contributed by atoms with Crippen LogP contribution < -0.4 is 19.7 Å². The van der Waals surface area contributed by atoms with Gasteiger partial charge >= 0.3 is 5.97 Å². The van der Waals surface area contributed by atoms with Crippen LogP contribution in [0.1, 0.15) is 5.56 Å². The Hall–Kier alpha value is -3.14. The molecule has 4 N–H and O–H groups in total. The van der Waals surface area contributed by atoms with Crippen LogP contribution in [0.4, 0.5) is 17.1 Å². The van der Waals surface area contributed by atoms with Gasteiger partial charge in [-0.15, -0.1) is 0 Å². The number of methoxy groups -OCH3 is 1. The predicted molar refractivity (Wildman–Crippen MR) is 98.2 cm³/mol. The number of H-pyrrole nitrogens is 1. The molecule has 0 radical (unpaired) electrons. The Balaban J connectivity index is 2.16. The molecule has 9 nitrogen and oxygen atoms in total. The summed E-state index contributed by atoms with van der Waals surface area (Å²) in [5.74, 6) is -0.802. The van der Waals surface area contributed by atoms with Crippen molar-refractivity contribution in [3.05, 3.63) is 36.0 Å². The third kappa shape index (κ3) is 3.18. The molecule has 2 heterocycles. The largest absolute Gasteiger partial charge is 0.494 e. The Labute approximate surface area is 150 Å². The highest BCUT2D eigenvalue weighted by molar-refractivity contribution is 7.92. The number of nitrogens with zero attached hydrogens (tertiary/aromatic N) is 1. The lowest BCUT2D eigenvalue weighted by Crippen LogP contribution is -2.17. The highest BCUT2D eigenvalue weighted by atomic mass is 32.2. The highest BCUT2D eigenvalue weighted by Gasteiger charge is 2.26. The molecule has 1 aromatic carbocycles.